The van der Waals surface area contributed by atoms with E-state index in [1.165, 1.54) is 13.2 Å². The highest BCUT2D eigenvalue weighted by Crippen LogP contribution is 2.30. The predicted octanol–water partition coefficient (Wildman–Crippen LogP) is 6.44. The van der Waals surface area contributed by atoms with Gasteiger partial charge in [-0.2, -0.15) is 5.26 Å². The van der Waals surface area contributed by atoms with Crippen LogP contribution < -0.4 is 14.8 Å². The number of nitriles is 1. The van der Waals surface area contributed by atoms with E-state index in [1.54, 1.807) is 42.5 Å². The molecule has 1 amide bonds. The molecular formula is C25H20Cl2N2O3. The van der Waals surface area contributed by atoms with Gasteiger partial charge in [0.1, 0.15) is 18.2 Å². The summed E-state index contributed by atoms with van der Waals surface area (Å²) in [5.74, 6) is 0.465. The number of carbonyl (C=O) groups is 1. The standard InChI is InChI=1S/C25H20Cl2N2O3/c1-16-4-3-5-21(27)24(16)29-25(30)19(14-28)12-18-8-11-22(23(13-18)31-2)32-15-17-6-9-20(26)10-7-17/h3-13H,15H2,1-2H3,(H,29,30)/b19-12+. The lowest BCUT2D eigenvalue weighted by molar-refractivity contribution is -0.112. The number of benzene rings is 3. The number of methoxy groups -OCH3 is 1. The van der Waals surface area contributed by atoms with Crippen LogP contribution >= 0.6 is 23.2 Å². The topological polar surface area (TPSA) is 71.3 Å². The van der Waals surface area contributed by atoms with Crippen LogP contribution in [0.2, 0.25) is 10.0 Å². The fraction of sp³-hybridized carbons (Fsp3) is 0.120. The lowest BCUT2D eigenvalue weighted by atomic mass is 10.1. The molecule has 0 aliphatic rings. The number of amides is 1. The SMILES string of the molecule is COc1cc(/C=C(\C#N)C(=O)Nc2c(C)cccc2Cl)ccc1OCc1ccc(Cl)cc1. The van der Waals surface area contributed by atoms with E-state index in [2.05, 4.69) is 5.32 Å². The maximum Gasteiger partial charge on any atom is 0.266 e. The van der Waals surface area contributed by atoms with Crippen molar-refractivity contribution in [2.75, 3.05) is 12.4 Å². The van der Waals surface area contributed by atoms with Gasteiger partial charge in [-0.05, 0) is 60.0 Å². The molecule has 0 saturated heterocycles. The van der Waals surface area contributed by atoms with Crippen molar-refractivity contribution in [2.24, 2.45) is 0 Å². The minimum absolute atomic E-state index is 0.0683. The molecule has 0 aliphatic carbocycles. The van der Waals surface area contributed by atoms with Gasteiger partial charge in [-0.25, -0.2) is 0 Å². The molecule has 5 nitrogen and oxygen atoms in total. The van der Waals surface area contributed by atoms with Gasteiger partial charge in [0.2, 0.25) is 0 Å². The highest BCUT2D eigenvalue weighted by molar-refractivity contribution is 6.34. The largest absolute Gasteiger partial charge is 0.493 e. The summed E-state index contributed by atoms with van der Waals surface area (Å²) in [6.45, 7) is 2.16. The summed E-state index contributed by atoms with van der Waals surface area (Å²) in [5.41, 5.74) is 2.78. The minimum atomic E-state index is -0.550. The predicted molar refractivity (Wildman–Crippen MR) is 127 cm³/mol. The van der Waals surface area contributed by atoms with Gasteiger partial charge in [0.15, 0.2) is 11.5 Å². The summed E-state index contributed by atoms with van der Waals surface area (Å²) in [6, 6.07) is 19.7. The molecule has 0 atom stereocenters. The summed E-state index contributed by atoms with van der Waals surface area (Å²) in [6.07, 6.45) is 1.48. The van der Waals surface area contributed by atoms with Crippen molar-refractivity contribution in [3.63, 3.8) is 0 Å². The number of para-hydroxylation sites is 1. The zero-order valence-electron chi connectivity index (χ0n) is 17.5. The number of anilines is 1. The van der Waals surface area contributed by atoms with Crippen LogP contribution in [0.25, 0.3) is 6.08 Å². The van der Waals surface area contributed by atoms with E-state index >= 15 is 0 Å². The molecule has 3 rings (SSSR count). The summed E-state index contributed by atoms with van der Waals surface area (Å²) in [4.78, 5) is 12.6. The van der Waals surface area contributed by atoms with Crippen molar-refractivity contribution in [1.29, 1.82) is 5.26 Å². The van der Waals surface area contributed by atoms with Crippen molar-refractivity contribution in [1.82, 2.24) is 0 Å². The van der Waals surface area contributed by atoms with Crippen LogP contribution in [0.3, 0.4) is 0 Å². The van der Waals surface area contributed by atoms with Crippen molar-refractivity contribution in [2.45, 2.75) is 13.5 Å². The first-order chi connectivity index (χ1) is 15.4. The molecule has 162 valence electrons. The zero-order valence-corrected chi connectivity index (χ0v) is 19.0. The van der Waals surface area contributed by atoms with Crippen LogP contribution in [-0.4, -0.2) is 13.0 Å². The second-order valence-electron chi connectivity index (χ2n) is 6.88. The first kappa shape index (κ1) is 23.2. The minimum Gasteiger partial charge on any atom is -0.493 e. The maximum atomic E-state index is 12.6. The molecule has 0 fully saturated rings. The normalized spacial score (nSPS) is 10.9. The molecule has 0 aliphatic heterocycles. The average molecular weight is 467 g/mol. The Labute approximate surface area is 196 Å². The van der Waals surface area contributed by atoms with Crippen LogP contribution in [0.15, 0.2) is 66.2 Å². The van der Waals surface area contributed by atoms with Gasteiger partial charge < -0.3 is 14.8 Å². The third-order valence-electron chi connectivity index (χ3n) is 4.63. The number of ether oxygens (including phenoxy) is 2. The van der Waals surface area contributed by atoms with E-state index in [4.69, 9.17) is 32.7 Å². The van der Waals surface area contributed by atoms with Gasteiger partial charge in [0, 0.05) is 5.02 Å². The number of hydrogen-bond acceptors (Lipinski definition) is 4. The second-order valence-corrected chi connectivity index (χ2v) is 7.72. The molecule has 0 heterocycles. The van der Waals surface area contributed by atoms with Crippen LogP contribution in [0.4, 0.5) is 5.69 Å². The summed E-state index contributed by atoms with van der Waals surface area (Å²) >= 11 is 12.1. The van der Waals surface area contributed by atoms with Crippen LogP contribution in [0, 0.1) is 18.3 Å². The molecule has 7 heteroatoms. The molecule has 32 heavy (non-hydrogen) atoms. The van der Waals surface area contributed by atoms with E-state index in [-0.39, 0.29) is 5.57 Å². The van der Waals surface area contributed by atoms with Crippen molar-refractivity contribution in [3.8, 4) is 17.6 Å². The molecule has 0 spiro atoms. The zero-order chi connectivity index (χ0) is 23.1. The average Bonchev–Trinajstić information content (AvgIpc) is 2.79. The Morgan fingerprint density at radius 1 is 1.09 bits per heavy atom. The Hall–Kier alpha value is -3.46. The number of aryl methyl sites for hydroxylation is 1. The Morgan fingerprint density at radius 2 is 1.84 bits per heavy atom. The van der Waals surface area contributed by atoms with E-state index in [1.807, 2.05) is 31.2 Å². The molecule has 0 aromatic heterocycles. The van der Waals surface area contributed by atoms with E-state index in [0.29, 0.717) is 39.4 Å². The molecule has 0 saturated carbocycles. The van der Waals surface area contributed by atoms with E-state index in [9.17, 15) is 10.1 Å². The van der Waals surface area contributed by atoms with Gasteiger partial charge in [-0.1, -0.05) is 53.5 Å². The summed E-state index contributed by atoms with van der Waals surface area (Å²) < 4.78 is 11.3. The quantitative estimate of drug-likeness (QED) is 0.321. The number of halogens is 2. The number of hydrogen-bond donors (Lipinski definition) is 1. The van der Waals surface area contributed by atoms with Crippen molar-refractivity contribution >= 4 is 40.9 Å². The molecular weight excluding hydrogens is 447 g/mol. The third kappa shape index (κ3) is 5.82. The van der Waals surface area contributed by atoms with E-state index in [0.717, 1.165) is 11.1 Å². The number of carbonyl (C=O) groups excluding carboxylic acids is 1. The highest BCUT2D eigenvalue weighted by Gasteiger charge is 2.14. The first-order valence-electron chi connectivity index (χ1n) is 9.65. The Balaban J connectivity index is 1.77. The lowest BCUT2D eigenvalue weighted by Crippen LogP contribution is -2.14. The third-order valence-corrected chi connectivity index (χ3v) is 5.20. The van der Waals surface area contributed by atoms with Crippen molar-refractivity contribution in [3.05, 3.63) is 93.0 Å². The fourth-order valence-electron chi connectivity index (χ4n) is 2.92. The van der Waals surface area contributed by atoms with Crippen LogP contribution in [0.1, 0.15) is 16.7 Å². The van der Waals surface area contributed by atoms with Gasteiger partial charge >= 0.3 is 0 Å². The second kappa shape index (κ2) is 10.7. The molecule has 3 aromatic rings. The smallest absolute Gasteiger partial charge is 0.266 e. The molecule has 1 N–H and O–H groups in total. The molecule has 0 bridgehead atoms. The highest BCUT2D eigenvalue weighted by atomic mass is 35.5. The summed E-state index contributed by atoms with van der Waals surface area (Å²) in [5, 5.41) is 13.3. The van der Waals surface area contributed by atoms with E-state index < -0.39 is 5.91 Å². The Kier molecular flexibility index (Phi) is 7.77. The molecule has 0 unspecified atom stereocenters. The molecule has 0 radical (unpaired) electrons. The number of rotatable bonds is 7. The van der Waals surface area contributed by atoms with Gasteiger partial charge in [0.25, 0.3) is 5.91 Å². The Bertz CT molecular complexity index is 1180. The summed E-state index contributed by atoms with van der Waals surface area (Å²) in [7, 11) is 1.52. The van der Waals surface area contributed by atoms with Crippen molar-refractivity contribution < 1.29 is 14.3 Å². The monoisotopic (exact) mass is 466 g/mol. The van der Waals surface area contributed by atoms with Gasteiger partial charge in [0.05, 0.1) is 17.8 Å². The number of nitrogens with one attached hydrogen (secondary N) is 1. The Morgan fingerprint density at radius 3 is 2.50 bits per heavy atom. The van der Waals surface area contributed by atoms with Gasteiger partial charge in [-0.15, -0.1) is 0 Å². The first-order valence-corrected chi connectivity index (χ1v) is 10.4. The lowest BCUT2D eigenvalue weighted by Gasteiger charge is -2.12. The fourth-order valence-corrected chi connectivity index (χ4v) is 3.32. The van der Waals surface area contributed by atoms with Gasteiger partial charge in [-0.3, -0.25) is 4.79 Å². The van der Waals surface area contributed by atoms with Crippen LogP contribution in [-0.2, 0) is 11.4 Å². The number of nitrogens with zero attached hydrogens (tertiary/aromatic N) is 1. The molecule has 3 aromatic carbocycles. The van der Waals surface area contributed by atoms with Crippen LogP contribution in [0.5, 0.6) is 11.5 Å². The maximum absolute atomic E-state index is 12.6.